The van der Waals surface area contributed by atoms with E-state index in [1.165, 1.54) is 0 Å². The standard InChI is InChI=1S/C9H19NO3S/c1-6-13-8(11)7(2)10-14(12)9(3,4)5/h7,10H,6H2,1-5H3/t7-,14?/m0/s1. The molecule has 0 aromatic carbocycles. The predicted molar refractivity (Wildman–Crippen MR) is 57.1 cm³/mol. The SMILES string of the molecule is CCOC(=O)[C@H](C)NS(=O)C(C)(C)C. The van der Waals surface area contributed by atoms with E-state index in [9.17, 15) is 9.00 Å². The number of nitrogens with one attached hydrogen (secondary N) is 1. The first-order valence-electron chi connectivity index (χ1n) is 4.63. The summed E-state index contributed by atoms with van der Waals surface area (Å²) in [5.41, 5.74) is 0. The van der Waals surface area contributed by atoms with E-state index in [1.54, 1.807) is 13.8 Å². The Morgan fingerprint density at radius 3 is 2.36 bits per heavy atom. The van der Waals surface area contributed by atoms with Gasteiger partial charge in [0.05, 0.1) is 22.3 Å². The Bertz CT molecular complexity index is 223. The molecule has 14 heavy (non-hydrogen) atoms. The van der Waals surface area contributed by atoms with Gasteiger partial charge in [-0.2, -0.15) is 0 Å². The third kappa shape index (κ3) is 4.72. The Kier molecular flexibility index (Phi) is 5.29. The monoisotopic (exact) mass is 221 g/mol. The third-order valence-electron chi connectivity index (χ3n) is 1.48. The first-order chi connectivity index (χ1) is 6.29. The first kappa shape index (κ1) is 13.6. The molecule has 0 bridgehead atoms. The summed E-state index contributed by atoms with van der Waals surface area (Å²) in [5, 5.41) is 0. The number of rotatable bonds is 4. The number of hydrogen-bond donors (Lipinski definition) is 1. The predicted octanol–water partition coefficient (Wildman–Crippen LogP) is 0.990. The lowest BCUT2D eigenvalue weighted by molar-refractivity contribution is -0.144. The fourth-order valence-electron chi connectivity index (χ4n) is 0.653. The summed E-state index contributed by atoms with van der Waals surface area (Å²) in [6.07, 6.45) is 0. The van der Waals surface area contributed by atoms with Gasteiger partial charge in [-0.1, -0.05) is 0 Å². The van der Waals surface area contributed by atoms with Crippen LogP contribution in [-0.4, -0.2) is 27.6 Å². The highest BCUT2D eigenvalue weighted by molar-refractivity contribution is 7.84. The van der Waals surface area contributed by atoms with Crippen LogP contribution in [0.1, 0.15) is 34.6 Å². The van der Waals surface area contributed by atoms with Crippen LogP contribution in [-0.2, 0) is 20.5 Å². The van der Waals surface area contributed by atoms with Crippen molar-refractivity contribution in [1.82, 2.24) is 4.72 Å². The molecule has 0 aromatic rings. The molecule has 4 nitrogen and oxygen atoms in total. The Labute approximate surface area is 88.0 Å². The van der Waals surface area contributed by atoms with Crippen molar-refractivity contribution >= 4 is 17.0 Å². The molecule has 0 radical (unpaired) electrons. The van der Waals surface area contributed by atoms with Crippen LogP contribution < -0.4 is 4.72 Å². The van der Waals surface area contributed by atoms with Gasteiger partial charge in [-0.25, -0.2) is 8.93 Å². The van der Waals surface area contributed by atoms with Crippen molar-refractivity contribution in [2.75, 3.05) is 6.61 Å². The van der Waals surface area contributed by atoms with Crippen molar-refractivity contribution < 1.29 is 13.7 Å². The van der Waals surface area contributed by atoms with E-state index in [-0.39, 0.29) is 10.7 Å². The van der Waals surface area contributed by atoms with E-state index in [4.69, 9.17) is 4.74 Å². The summed E-state index contributed by atoms with van der Waals surface area (Å²) in [5.74, 6) is -0.370. The van der Waals surface area contributed by atoms with Crippen LogP contribution in [0, 0.1) is 0 Å². The van der Waals surface area contributed by atoms with Gasteiger partial charge in [0, 0.05) is 0 Å². The fourth-order valence-corrected chi connectivity index (χ4v) is 1.42. The van der Waals surface area contributed by atoms with Crippen LogP contribution in [0.15, 0.2) is 0 Å². The molecule has 0 aliphatic rings. The minimum Gasteiger partial charge on any atom is -0.465 e. The molecular formula is C9H19NO3S. The number of ether oxygens (including phenoxy) is 1. The number of esters is 1. The minimum absolute atomic E-state index is 0.340. The summed E-state index contributed by atoms with van der Waals surface area (Å²) >= 11 is 0. The maximum Gasteiger partial charge on any atom is 0.323 e. The van der Waals surface area contributed by atoms with Crippen molar-refractivity contribution in [3.8, 4) is 0 Å². The second-order valence-corrected chi connectivity index (χ2v) is 5.97. The normalized spacial score (nSPS) is 16.1. The number of carbonyl (C=O) groups is 1. The topological polar surface area (TPSA) is 55.4 Å². The van der Waals surface area contributed by atoms with Crippen molar-refractivity contribution in [3.63, 3.8) is 0 Å². The molecule has 0 fully saturated rings. The summed E-state index contributed by atoms with van der Waals surface area (Å²) in [4.78, 5) is 11.2. The zero-order chi connectivity index (χ0) is 11.4. The Morgan fingerprint density at radius 2 is 2.00 bits per heavy atom. The molecule has 0 spiro atoms. The molecule has 2 atom stereocenters. The minimum atomic E-state index is -1.24. The van der Waals surface area contributed by atoms with E-state index < -0.39 is 17.0 Å². The lowest BCUT2D eigenvalue weighted by Gasteiger charge is -2.20. The summed E-state index contributed by atoms with van der Waals surface area (Å²) in [7, 11) is -1.24. The molecule has 0 amide bonds. The van der Waals surface area contributed by atoms with Gasteiger partial charge in [-0.15, -0.1) is 0 Å². The molecule has 0 aliphatic carbocycles. The number of hydrogen-bond acceptors (Lipinski definition) is 3. The molecule has 1 unspecified atom stereocenters. The van der Waals surface area contributed by atoms with Crippen LogP contribution in [0.4, 0.5) is 0 Å². The molecule has 0 heterocycles. The average Bonchev–Trinajstić information content (AvgIpc) is 2.02. The highest BCUT2D eigenvalue weighted by Gasteiger charge is 2.24. The lowest BCUT2D eigenvalue weighted by Crippen LogP contribution is -2.42. The quantitative estimate of drug-likeness (QED) is 0.720. The van der Waals surface area contributed by atoms with Crippen LogP contribution in [0.25, 0.3) is 0 Å². The van der Waals surface area contributed by atoms with E-state index in [1.807, 2.05) is 20.8 Å². The highest BCUT2D eigenvalue weighted by Crippen LogP contribution is 2.09. The van der Waals surface area contributed by atoms with Crippen molar-refractivity contribution in [2.24, 2.45) is 0 Å². The summed E-state index contributed by atoms with van der Waals surface area (Å²) in [6, 6.07) is -0.532. The van der Waals surface area contributed by atoms with Crippen molar-refractivity contribution in [3.05, 3.63) is 0 Å². The first-order valence-corrected chi connectivity index (χ1v) is 5.78. The van der Waals surface area contributed by atoms with Crippen LogP contribution in [0.5, 0.6) is 0 Å². The molecule has 0 saturated heterocycles. The lowest BCUT2D eigenvalue weighted by atomic mass is 10.3. The summed E-state index contributed by atoms with van der Waals surface area (Å²) in [6.45, 7) is 9.25. The molecular weight excluding hydrogens is 202 g/mol. The number of carbonyl (C=O) groups excluding carboxylic acids is 1. The van der Waals surface area contributed by atoms with Gasteiger partial charge in [-0.05, 0) is 34.6 Å². The molecule has 0 aliphatic heterocycles. The molecule has 1 N–H and O–H groups in total. The van der Waals surface area contributed by atoms with E-state index in [2.05, 4.69) is 4.72 Å². The maximum absolute atomic E-state index is 11.6. The Hall–Kier alpha value is -0.420. The Morgan fingerprint density at radius 1 is 1.50 bits per heavy atom. The largest absolute Gasteiger partial charge is 0.465 e. The van der Waals surface area contributed by atoms with Gasteiger partial charge in [0.15, 0.2) is 0 Å². The third-order valence-corrected chi connectivity index (χ3v) is 3.16. The molecule has 0 saturated carbocycles. The second kappa shape index (κ2) is 5.46. The van der Waals surface area contributed by atoms with Gasteiger partial charge in [0.2, 0.25) is 0 Å². The van der Waals surface area contributed by atoms with Gasteiger partial charge >= 0.3 is 5.97 Å². The van der Waals surface area contributed by atoms with Gasteiger partial charge < -0.3 is 4.74 Å². The van der Waals surface area contributed by atoms with Crippen molar-refractivity contribution in [1.29, 1.82) is 0 Å². The average molecular weight is 221 g/mol. The maximum atomic E-state index is 11.6. The van der Waals surface area contributed by atoms with E-state index in [0.29, 0.717) is 6.61 Å². The van der Waals surface area contributed by atoms with E-state index >= 15 is 0 Å². The molecule has 0 rings (SSSR count). The zero-order valence-electron chi connectivity index (χ0n) is 9.42. The van der Waals surface area contributed by atoms with Crippen LogP contribution in [0.3, 0.4) is 0 Å². The molecule has 0 aromatic heterocycles. The van der Waals surface area contributed by atoms with Crippen molar-refractivity contribution in [2.45, 2.75) is 45.4 Å². The molecule has 84 valence electrons. The second-order valence-electron chi connectivity index (χ2n) is 3.97. The smallest absolute Gasteiger partial charge is 0.323 e. The summed E-state index contributed by atoms with van der Waals surface area (Å²) < 4.78 is 18.7. The van der Waals surface area contributed by atoms with Crippen LogP contribution in [0.2, 0.25) is 0 Å². The highest BCUT2D eigenvalue weighted by atomic mass is 32.2. The van der Waals surface area contributed by atoms with E-state index in [0.717, 1.165) is 0 Å². The van der Waals surface area contributed by atoms with Gasteiger partial charge in [-0.3, -0.25) is 4.79 Å². The van der Waals surface area contributed by atoms with Gasteiger partial charge in [0.25, 0.3) is 0 Å². The van der Waals surface area contributed by atoms with Crippen LogP contribution >= 0.6 is 0 Å². The fraction of sp³-hybridized carbons (Fsp3) is 0.889. The zero-order valence-corrected chi connectivity index (χ0v) is 10.2. The Balaban J connectivity index is 4.13. The van der Waals surface area contributed by atoms with Gasteiger partial charge in [0.1, 0.15) is 6.04 Å². The molecule has 5 heteroatoms.